The van der Waals surface area contributed by atoms with Crippen LogP contribution in [-0.4, -0.2) is 0 Å². The Labute approximate surface area is 136 Å². The van der Waals surface area contributed by atoms with Gasteiger partial charge in [-0.25, -0.2) is 0 Å². The molecule has 2 rings (SSSR count). The topological polar surface area (TPSA) is 0 Å². The Morgan fingerprint density at radius 1 is 0.727 bits per heavy atom. The lowest BCUT2D eigenvalue weighted by Gasteiger charge is -2.42. The fourth-order valence-corrected chi connectivity index (χ4v) is 3.69. The van der Waals surface area contributed by atoms with Gasteiger partial charge in [0.1, 0.15) is 0 Å². The third-order valence-corrected chi connectivity index (χ3v) is 5.40. The van der Waals surface area contributed by atoms with Gasteiger partial charge in [-0.15, -0.1) is 0 Å². The molecule has 2 aromatic carbocycles. The molecule has 0 radical (unpaired) electrons. The van der Waals surface area contributed by atoms with Gasteiger partial charge < -0.3 is 0 Å². The summed E-state index contributed by atoms with van der Waals surface area (Å²) in [5.74, 6) is 1.33. The molecular weight excluding hydrogens is 264 g/mol. The van der Waals surface area contributed by atoms with Gasteiger partial charge >= 0.3 is 0 Å². The maximum Gasteiger partial charge on any atom is 0.0230 e. The van der Waals surface area contributed by atoms with E-state index in [1.54, 1.807) is 0 Å². The van der Waals surface area contributed by atoms with Crippen LogP contribution in [0.3, 0.4) is 0 Å². The average molecular weight is 294 g/mol. The van der Waals surface area contributed by atoms with Gasteiger partial charge in [0.25, 0.3) is 0 Å². The first-order chi connectivity index (χ1) is 10.6. The molecule has 0 nitrogen and oxygen atoms in total. The second-order valence-electron chi connectivity index (χ2n) is 6.73. The van der Waals surface area contributed by atoms with Crippen molar-refractivity contribution in [3.8, 4) is 0 Å². The average Bonchev–Trinajstić information content (AvgIpc) is 2.60. The molecule has 0 spiro atoms. The lowest BCUT2D eigenvalue weighted by Crippen LogP contribution is -2.36. The Balaban J connectivity index is 2.63. The van der Waals surface area contributed by atoms with Crippen LogP contribution in [0, 0.1) is 11.8 Å². The van der Waals surface area contributed by atoms with E-state index in [1.165, 1.54) is 30.4 Å². The molecule has 0 fully saturated rings. The first-order valence-corrected chi connectivity index (χ1v) is 8.76. The maximum absolute atomic E-state index is 2.42. The molecule has 0 aliphatic heterocycles. The van der Waals surface area contributed by atoms with Crippen LogP contribution in [0.2, 0.25) is 0 Å². The molecule has 0 heteroatoms. The Morgan fingerprint density at radius 2 is 1.18 bits per heavy atom. The summed E-state index contributed by atoms with van der Waals surface area (Å²) in [5, 5.41) is 0. The van der Waals surface area contributed by atoms with E-state index < -0.39 is 0 Å². The molecule has 0 aromatic heterocycles. The van der Waals surface area contributed by atoms with E-state index in [0.717, 1.165) is 5.92 Å². The molecule has 0 saturated heterocycles. The smallest absolute Gasteiger partial charge is 0.0230 e. The van der Waals surface area contributed by atoms with Crippen LogP contribution in [-0.2, 0) is 5.41 Å². The number of rotatable bonds is 7. The predicted octanol–water partition coefficient (Wildman–Crippen LogP) is 6.46. The van der Waals surface area contributed by atoms with Crippen LogP contribution in [0.25, 0.3) is 0 Å². The zero-order valence-corrected chi connectivity index (χ0v) is 14.5. The highest BCUT2D eigenvalue weighted by Crippen LogP contribution is 2.46. The summed E-state index contributed by atoms with van der Waals surface area (Å²) in [6, 6.07) is 22.3. The van der Waals surface area contributed by atoms with E-state index in [1.807, 2.05) is 0 Å². The van der Waals surface area contributed by atoms with Gasteiger partial charge in [-0.3, -0.25) is 0 Å². The SMILES string of the molecule is CCC(C)CC(c1ccccc1)(c1ccccc1)C(C)CC. The van der Waals surface area contributed by atoms with Crippen molar-refractivity contribution in [3.63, 3.8) is 0 Å². The van der Waals surface area contributed by atoms with Gasteiger partial charge in [0.15, 0.2) is 0 Å². The Hall–Kier alpha value is -1.56. The van der Waals surface area contributed by atoms with E-state index in [4.69, 9.17) is 0 Å². The van der Waals surface area contributed by atoms with E-state index in [2.05, 4.69) is 88.4 Å². The Morgan fingerprint density at radius 3 is 1.55 bits per heavy atom. The standard InChI is InChI=1S/C22H30/c1-5-18(3)17-22(19(4)6-2,20-13-9-7-10-14-20)21-15-11-8-12-16-21/h7-16,18-19H,5-6,17H2,1-4H3. The molecule has 2 atom stereocenters. The second-order valence-corrected chi connectivity index (χ2v) is 6.73. The molecular formula is C22H30. The minimum absolute atomic E-state index is 0.118. The fourth-order valence-electron chi connectivity index (χ4n) is 3.69. The molecule has 118 valence electrons. The Kier molecular flexibility index (Phi) is 5.83. The molecule has 2 unspecified atom stereocenters. The third kappa shape index (κ3) is 3.27. The van der Waals surface area contributed by atoms with Crippen LogP contribution >= 0.6 is 0 Å². The number of hydrogen-bond donors (Lipinski definition) is 0. The molecule has 0 N–H and O–H groups in total. The number of hydrogen-bond acceptors (Lipinski definition) is 0. The third-order valence-electron chi connectivity index (χ3n) is 5.40. The summed E-state index contributed by atoms with van der Waals surface area (Å²) >= 11 is 0. The van der Waals surface area contributed by atoms with Crippen molar-refractivity contribution in [1.29, 1.82) is 0 Å². The first-order valence-electron chi connectivity index (χ1n) is 8.76. The minimum Gasteiger partial charge on any atom is -0.0651 e. The van der Waals surface area contributed by atoms with Crippen LogP contribution in [0.1, 0.15) is 58.1 Å². The van der Waals surface area contributed by atoms with Crippen molar-refractivity contribution >= 4 is 0 Å². The van der Waals surface area contributed by atoms with E-state index in [9.17, 15) is 0 Å². The molecule has 0 amide bonds. The van der Waals surface area contributed by atoms with Gasteiger partial charge in [-0.2, -0.15) is 0 Å². The van der Waals surface area contributed by atoms with Gasteiger partial charge in [0.05, 0.1) is 0 Å². The van der Waals surface area contributed by atoms with E-state index in [-0.39, 0.29) is 5.41 Å². The summed E-state index contributed by atoms with van der Waals surface area (Å²) in [4.78, 5) is 0. The monoisotopic (exact) mass is 294 g/mol. The van der Waals surface area contributed by atoms with Crippen LogP contribution < -0.4 is 0 Å². The van der Waals surface area contributed by atoms with E-state index >= 15 is 0 Å². The minimum atomic E-state index is 0.118. The van der Waals surface area contributed by atoms with Crippen molar-refractivity contribution in [1.82, 2.24) is 0 Å². The molecule has 0 heterocycles. The summed E-state index contributed by atoms with van der Waals surface area (Å²) in [6.07, 6.45) is 3.64. The fraction of sp³-hybridized carbons (Fsp3) is 0.455. The maximum atomic E-state index is 2.42. The molecule has 0 bridgehead atoms. The second kappa shape index (κ2) is 7.63. The van der Waals surface area contributed by atoms with Crippen molar-refractivity contribution in [2.24, 2.45) is 11.8 Å². The molecule has 2 aromatic rings. The molecule has 0 aliphatic carbocycles. The molecule has 0 aliphatic rings. The highest BCUT2D eigenvalue weighted by Gasteiger charge is 2.39. The number of benzene rings is 2. The van der Waals surface area contributed by atoms with Crippen LogP contribution in [0.5, 0.6) is 0 Å². The zero-order chi connectivity index (χ0) is 16.0. The van der Waals surface area contributed by atoms with Gasteiger partial charge in [0.2, 0.25) is 0 Å². The first kappa shape index (κ1) is 16.8. The van der Waals surface area contributed by atoms with Crippen LogP contribution in [0.15, 0.2) is 60.7 Å². The van der Waals surface area contributed by atoms with Crippen molar-refractivity contribution in [3.05, 3.63) is 71.8 Å². The zero-order valence-electron chi connectivity index (χ0n) is 14.5. The van der Waals surface area contributed by atoms with Crippen LogP contribution in [0.4, 0.5) is 0 Å². The highest BCUT2D eigenvalue weighted by molar-refractivity contribution is 5.40. The normalized spacial score (nSPS) is 14.5. The quantitative estimate of drug-likeness (QED) is 0.550. The Bertz CT molecular complexity index is 501. The lowest BCUT2D eigenvalue weighted by molar-refractivity contribution is 0.268. The van der Waals surface area contributed by atoms with E-state index in [0.29, 0.717) is 5.92 Å². The van der Waals surface area contributed by atoms with Crippen molar-refractivity contribution in [2.45, 2.75) is 52.4 Å². The summed E-state index contributed by atoms with van der Waals surface area (Å²) in [6.45, 7) is 9.44. The highest BCUT2D eigenvalue weighted by atomic mass is 14.4. The lowest BCUT2D eigenvalue weighted by atomic mass is 9.61. The van der Waals surface area contributed by atoms with Gasteiger partial charge in [0, 0.05) is 5.41 Å². The summed E-state index contributed by atoms with van der Waals surface area (Å²) < 4.78 is 0. The van der Waals surface area contributed by atoms with Gasteiger partial charge in [-0.05, 0) is 29.4 Å². The van der Waals surface area contributed by atoms with Gasteiger partial charge in [-0.1, -0.05) is 101 Å². The molecule has 0 saturated carbocycles. The molecule has 22 heavy (non-hydrogen) atoms. The summed E-state index contributed by atoms with van der Waals surface area (Å²) in [7, 11) is 0. The predicted molar refractivity (Wildman–Crippen MR) is 97.2 cm³/mol. The van der Waals surface area contributed by atoms with Crippen molar-refractivity contribution in [2.75, 3.05) is 0 Å². The largest absolute Gasteiger partial charge is 0.0651 e. The summed E-state index contributed by atoms with van der Waals surface area (Å²) in [5.41, 5.74) is 3.05. The van der Waals surface area contributed by atoms with Crippen molar-refractivity contribution < 1.29 is 0 Å².